The topological polar surface area (TPSA) is 52.9 Å². The van der Waals surface area contributed by atoms with E-state index in [1.54, 1.807) is 0 Å². The first kappa shape index (κ1) is 14.2. The molecule has 19 heavy (non-hydrogen) atoms. The van der Waals surface area contributed by atoms with E-state index in [2.05, 4.69) is 10.8 Å². The summed E-state index contributed by atoms with van der Waals surface area (Å²) in [5, 5.41) is 9.01. The van der Waals surface area contributed by atoms with Crippen molar-refractivity contribution < 1.29 is 4.21 Å². The normalized spacial score (nSPS) is 25.4. The molecule has 1 aromatic rings. The van der Waals surface area contributed by atoms with Crippen LogP contribution in [0.15, 0.2) is 30.3 Å². The summed E-state index contributed by atoms with van der Waals surface area (Å²) >= 11 is 0. The first-order chi connectivity index (χ1) is 8.93. The minimum Gasteiger partial charge on any atom is -0.242 e. The fraction of sp³-hybridized carbons (Fsp3) is 0.533. The maximum atomic E-state index is 12.3. The lowest BCUT2D eigenvalue weighted by Crippen LogP contribution is -2.36. The SMILES string of the molecule is CC(C)(C)[S@@](=O)N[C@@H](c1ccccc1)[C@@H]1C[C@H]1C#N. The van der Waals surface area contributed by atoms with Crippen molar-refractivity contribution in [2.24, 2.45) is 11.8 Å². The van der Waals surface area contributed by atoms with Crippen LogP contribution in [0.25, 0.3) is 0 Å². The Bertz CT molecular complexity index is 501. The summed E-state index contributed by atoms with van der Waals surface area (Å²) in [6.07, 6.45) is 0.893. The monoisotopic (exact) mass is 276 g/mol. The van der Waals surface area contributed by atoms with Gasteiger partial charge in [-0.1, -0.05) is 30.3 Å². The Kier molecular flexibility index (Phi) is 4.07. The maximum absolute atomic E-state index is 12.3. The van der Waals surface area contributed by atoms with Gasteiger partial charge >= 0.3 is 0 Å². The molecule has 3 nitrogen and oxygen atoms in total. The lowest BCUT2D eigenvalue weighted by atomic mass is 10.0. The van der Waals surface area contributed by atoms with Crippen molar-refractivity contribution in [1.82, 2.24) is 4.72 Å². The molecule has 0 aromatic heterocycles. The van der Waals surface area contributed by atoms with Gasteiger partial charge in [0, 0.05) is 6.04 Å². The second-order valence-electron chi connectivity index (χ2n) is 6.02. The Morgan fingerprint density at radius 1 is 1.37 bits per heavy atom. The Balaban J connectivity index is 2.18. The highest BCUT2D eigenvalue weighted by Crippen LogP contribution is 2.47. The summed E-state index contributed by atoms with van der Waals surface area (Å²) in [7, 11) is -1.12. The van der Waals surface area contributed by atoms with Crippen LogP contribution in [0, 0.1) is 23.2 Å². The zero-order valence-corrected chi connectivity index (χ0v) is 12.4. The van der Waals surface area contributed by atoms with Gasteiger partial charge < -0.3 is 0 Å². The predicted molar refractivity (Wildman–Crippen MR) is 77.4 cm³/mol. The van der Waals surface area contributed by atoms with Crippen molar-refractivity contribution in [2.45, 2.75) is 38.0 Å². The second-order valence-corrected chi connectivity index (χ2v) is 8.02. The smallest absolute Gasteiger partial charge is 0.0976 e. The standard InChI is InChI=1S/C15H20N2OS/c1-15(2,3)19(18)17-14(13-9-12(13)10-16)11-7-5-4-6-8-11/h4-8,12-14,17H,9H2,1-3H3/t12-,13+,14-,19+/m0/s1. The zero-order chi connectivity index (χ0) is 14.0. The molecular formula is C15H20N2OS. The molecule has 4 heteroatoms. The lowest BCUT2D eigenvalue weighted by molar-refractivity contribution is 0.544. The summed E-state index contributed by atoms with van der Waals surface area (Å²) in [5.41, 5.74) is 1.11. The Morgan fingerprint density at radius 3 is 2.47 bits per heavy atom. The van der Waals surface area contributed by atoms with Gasteiger partial charge in [-0.05, 0) is 38.7 Å². The van der Waals surface area contributed by atoms with Crippen molar-refractivity contribution in [3.8, 4) is 6.07 Å². The summed E-state index contributed by atoms with van der Waals surface area (Å²) in [4.78, 5) is 0. The molecule has 0 unspecified atom stereocenters. The van der Waals surface area contributed by atoms with Crippen LogP contribution < -0.4 is 4.72 Å². The molecule has 1 aliphatic carbocycles. The van der Waals surface area contributed by atoms with Gasteiger partial charge in [-0.2, -0.15) is 5.26 Å². The third-order valence-corrected chi connectivity index (χ3v) is 4.96. The van der Waals surface area contributed by atoms with E-state index in [-0.39, 0.29) is 22.6 Å². The third-order valence-electron chi connectivity index (χ3n) is 3.38. The van der Waals surface area contributed by atoms with Crippen molar-refractivity contribution in [2.75, 3.05) is 0 Å². The zero-order valence-electron chi connectivity index (χ0n) is 11.6. The highest BCUT2D eigenvalue weighted by molar-refractivity contribution is 7.84. The Hall–Kier alpha value is -1.18. The van der Waals surface area contributed by atoms with E-state index >= 15 is 0 Å². The summed E-state index contributed by atoms with van der Waals surface area (Å²) in [5.74, 6) is 0.369. The van der Waals surface area contributed by atoms with E-state index in [0.717, 1.165) is 12.0 Å². The molecule has 102 valence electrons. The van der Waals surface area contributed by atoms with Crippen LogP contribution in [-0.4, -0.2) is 8.96 Å². The van der Waals surface area contributed by atoms with E-state index < -0.39 is 11.0 Å². The van der Waals surface area contributed by atoms with Crippen LogP contribution >= 0.6 is 0 Å². The first-order valence-electron chi connectivity index (χ1n) is 6.56. The predicted octanol–water partition coefficient (Wildman–Crippen LogP) is 2.94. The molecular weight excluding hydrogens is 256 g/mol. The van der Waals surface area contributed by atoms with E-state index in [1.165, 1.54) is 0 Å². The first-order valence-corrected chi connectivity index (χ1v) is 7.71. The second kappa shape index (κ2) is 5.44. The van der Waals surface area contributed by atoms with Gasteiger partial charge in [0.15, 0.2) is 0 Å². The Morgan fingerprint density at radius 2 is 2.00 bits per heavy atom. The molecule has 1 aliphatic rings. The summed E-state index contributed by atoms with van der Waals surface area (Å²) < 4.78 is 15.2. The van der Waals surface area contributed by atoms with E-state index in [4.69, 9.17) is 5.26 Å². The van der Waals surface area contributed by atoms with Crippen molar-refractivity contribution in [1.29, 1.82) is 5.26 Å². The molecule has 0 spiro atoms. The molecule has 1 N–H and O–H groups in total. The van der Waals surface area contributed by atoms with Crippen LogP contribution in [-0.2, 0) is 11.0 Å². The fourth-order valence-corrected chi connectivity index (χ4v) is 2.98. The highest BCUT2D eigenvalue weighted by Gasteiger charge is 2.45. The maximum Gasteiger partial charge on any atom is 0.0976 e. The molecule has 0 aliphatic heterocycles. The summed E-state index contributed by atoms with van der Waals surface area (Å²) in [6.45, 7) is 5.85. The quantitative estimate of drug-likeness (QED) is 0.919. The minimum atomic E-state index is -1.12. The number of nitrogens with one attached hydrogen (secondary N) is 1. The molecule has 2 rings (SSSR count). The van der Waals surface area contributed by atoms with E-state index in [9.17, 15) is 4.21 Å². The van der Waals surface area contributed by atoms with Gasteiger partial charge in [-0.25, -0.2) is 8.93 Å². The highest BCUT2D eigenvalue weighted by atomic mass is 32.2. The molecule has 0 amide bonds. The van der Waals surface area contributed by atoms with Gasteiger partial charge in [0.1, 0.15) is 0 Å². The van der Waals surface area contributed by atoms with Gasteiger partial charge in [-0.15, -0.1) is 0 Å². The largest absolute Gasteiger partial charge is 0.242 e. The Labute approximate surface area is 117 Å². The van der Waals surface area contributed by atoms with Gasteiger partial charge in [0.25, 0.3) is 0 Å². The van der Waals surface area contributed by atoms with E-state index in [0.29, 0.717) is 0 Å². The summed E-state index contributed by atoms with van der Waals surface area (Å²) in [6, 6.07) is 12.3. The number of hydrogen-bond acceptors (Lipinski definition) is 2. The van der Waals surface area contributed by atoms with Crippen LogP contribution in [0.4, 0.5) is 0 Å². The lowest BCUT2D eigenvalue weighted by Gasteiger charge is -2.24. The van der Waals surface area contributed by atoms with Crippen LogP contribution in [0.5, 0.6) is 0 Å². The number of hydrogen-bond donors (Lipinski definition) is 1. The number of benzene rings is 1. The molecule has 0 heterocycles. The number of nitriles is 1. The van der Waals surface area contributed by atoms with Crippen LogP contribution in [0.1, 0.15) is 38.8 Å². The molecule has 1 fully saturated rings. The molecule has 1 aromatic carbocycles. The average molecular weight is 276 g/mol. The van der Waals surface area contributed by atoms with Gasteiger partial charge in [0.2, 0.25) is 0 Å². The van der Waals surface area contributed by atoms with E-state index in [1.807, 2.05) is 51.1 Å². The van der Waals surface area contributed by atoms with Crippen LogP contribution in [0.2, 0.25) is 0 Å². The van der Waals surface area contributed by atoms with Crippen LogP contribution in [0.3, 0.4) is 0 Å². The number of rotatable bonds is 4. The molecule has 0 saturated heterocycles. The molecule has 1 saturated carbocycles. The van der Waals surface area contributed by atoms with Gasteiger partial charge in [-0.3, -0.25) is 0 Å². The average Bonchev–Trinajstić information content (AvgIpc) is 3.14. The van der Waals surface area contributed by atoms with Crippen molar-refractivity contribution in [3.63, 3.8) is 0 Å². The van der Waals surface area contributed by atoms with Crippen molar-refractivity contribution in [3.05, 3.63) is 35.9 Å². The van der Waals surface area contributed by atoms with Crippen molar-refractivity contribution >= 4 is 11.0 Å². The third kappa shape index (κ3) is 3.43. The molecule has 0 bridgehead atoms. The minimum absolute atomic E-state index is 0.00547. The fourth-order valence-electron chi connectivity index (χ4n) is 2.09. The molecule has 4 atom stereocenters. The number of nitrogens with zero attached hydrogens (tertiary/aromatic N) is 1. The molecule has 0 radical (unpaired) electrons. The van der Waals surface area contributed by atoms with Gasteiger partial charge in [0.05, 0.1) is 27.7 Å².